The third-order valence-corrected chi connectivity index (χ3v) is 5.04. The normalized spacial score (nSPS) is 14.9. The highest BCUT2D eigenvalue weighted by Gasteiger charge is 2.51. The van der Waals surface area contributed by atoms with Gasteiger partial charge in [-0.3, -0.25) is 9.78 Å². The quantitative estimate of drug-likeness (QED) is 0.738. The maximum Gasteiger partial charge on any atom is 0.229 e. The highest BCUT2D eigenvalue weighted by Crippen LogP contribution is 2.47. The second-order valence-electron chi connectivity index (χ2n) is 6.22. The Kier molecular flexibility index (Phi) is 3.48. The molecule has 0 radical (unpaired) electrons. The third-order valence-electron chi connectivity index (χ3n) is 4.71. The Balaban J connectivity index is 1.92. The van der Waals surface area contributed by atoms with Crippen LogP contribution in [0.25, 0.3) is 22.0 Å². The van der Waals surface area contributed by atoms with Gasteiger partial charge in [-0.25, -0.2) is 4.98 Å². The summed E-state index contributed by atoms with van der Waals surface area (Å²) in [5, 5.41) is 2.24. The fourth-order valence-electron chi connectivity index (χ4n) is 3.08. The molecule has 1 aliphatic carbocycles. The predicted molar refractivity (Wildman–Crippen MR) is 98.0 cm³/mol. The third kappa shape index (κ3) is 2.45. The second kappa shape index (κ2) is 5.58. The van der Waals surface area contributed by atoms with Gasteiger partial charge >= 0.3 is 0 Å². The topological polar surface area (TPSA) is 68.9 Å². The van der Waals surface area contributed by atoms with E-state index in [-0.39, 0.29) is 5.91 Å². The van der Waals surface area contributed by atoms with E-state index in [1.54, 1.807) is 6.20 Å². The number of carbonyl (C=O) groups is 1. The van der Waals surface area contributed by atoms with Crippen LogP contribution in [-0.2, 0) is 10.2 Å². The van der Waals surface area contributed by atoms with Crippen molar-refractivity contribution in [3.05, 3.63) is 59.0 Å². The van der Waals surface area contributed by atoms with Crippen LogP contribution in [-0.4, -0.2) is 15.9 Å². The highest BCUT2D eigenvalue weighted by atomic mass is 35.5. The number of terminal acetylenes is 1. The van der Waals surface area contributed by atoms with E-state index in [0.29, 0.717) is 22.1 Å². The van der Waals surface area contributed by atoms with Crippen molar-refractivity contribution in [1.82, 2.24) is 9.97 Å². The number of hydrogen-bond acceptors (Lipinski definition) is 3. The molecule has 0 spiro atoms. The number of hydrogen-bond donors (Lipinski definition) is 1. The molecule has 1 aliphatic rings. The SMILES string of the molecule is C#Cc1nc(-c2ccccc2Cl)cc2cnc(C3(C(N)=O)CC3)cc12. The molecule has 0 atom stereocenters. The number of fused-ring (bicyclic) bond motifs is 1. The summed E-state index contributed by atoms with van der Waals surface area (Å²) in [6.45, 7) is 0. The van der Waals surface area contributed by atoms with E-state index in [1.165, 1.54) is 0 Å². The first kappa shape index (κ1) is 15.6. The van der Waals surface area contributed by atoms with Gasteiger partial charge in [-0.05, 0) is 37.0 Å². The van der Waals surface area contributed by atoms with Gasteiger partial charge < -0.3 is 5.73 Å². The number of benzene rings is 1. The number of nitrogens with zero attached hydrogens (tertiary/aromatic N) is 2. The Bertz CT molecular complexity index is 1060. The summed E-state index contributed by atoms with van der Waals surface area (Å²) in [5.41, 5.74) is 7.55. The zero-order chi connectivity index (χ0) is 17.6. The summed E-state index contributed by atoms with van der Waals surface area (Å²) in [5.74, 6) is 2.28. The molecule has 1 amide bonds. The monoisotopic (exact) mass is 347 g/mol. The van der Waals surface area contributed by atoms with Crippen molar-refractivity contribution in [2.75, 3.05) is 0 Å². The van der Waals surface area contributed by atoms with E-state index >= 15 is 0 Å². The number of rotatable bonds is 3. The molecule has 5 heteroatoms. The number of nitrogens with two attached hydrogens (primary N) is 1. The number of carbonyl (C=O) groups excluding carboxylic acids is 1. The van der Waals surface area contributed by atoms with Gasteiger partial charge in [0.25, 0.3) is 0 Å². The van der Waals surface area contributed by atoms with Crippen LogP contribution >= 0.6 is 11.6 Å². The van der Waals surface area contributed by atoms with Crippen molar-refractivity contribution >= 4 is 28.3 Å². The standard InChI is InChI=1S/C20H14ClN3O/c1-2-16-14-10-18(20(7-8-20)19(22)25)23-11-12(14)9-17(24-16)13-5-3-4-6-15(13)21/h1,3-6,9-11H,7-8H2,(H2,22,25). The van der Waals surface area contributed by atoms with Crippen molar-refractivity contribution < 1.29 is 4.79 Å². The number of halogens is 1. The first-order valence-corrected chi connectivity index (χ1v) is 8.26. The Morgan fingerprint density at radius 1 is 1.28 bits per heavy atom. The largest absolute Gasteiger partial charge is 0.369 e. The lowest BCUT2D eigenvalue weighted by Crippen LogP contribution is -2.29. The van der Waals surface area contributed by atoms with Crippen LogP contribution in [0.4, 0.5) is 0 Å². The second-order valence-corrected chi connectivity index (χ2v) is 6.62. The van der Waals surface area contributed by atoms with E-state index in [4.69, 9.17) is 23.8 Å². The van der Waals surface area contributed by atoms with Gasteiger partial charge in [0.05, 0.1) is 16.8 Å². The zero-order valence-corrected chi connectivity index (χ0v) is 14.0. The summed E-state index contributed by atoms with van der Waals surface area (Å²) in [4.78, 5) is 20.8. The lowest BCUT2D eigenvalue weighted by molar-refractivity contribution is -0.120. The Hall–Kier alpha value is -2.90. The molecule has 2 aromatic heterocycles. The van der Waals surface area contributed by atoms with Crippen molar-refractivity contribution in [3.8, 4) is 23.6 Å². The minimum Gasteiger partial charge on any atom is -0.369 e. The van der Waals surface area contributed by atoms with Crippen LogP contribution in [0.2, 0.25) is 5.02 Å². The van der Waals surface area contributed by atoms with Gasteiger partial charge in [0.2, 0.25) is 5.91 Å². The average molecular weight is 348 g/mol. The molecule has 4 rings (SSSR count). The molecule has 2 N–H and O–H groups in total. The molecular formula is C20H14ClN3O. The summed E-state index contributed by atoms with van der Waals surface area (Å²) >= 11 is 6.27. The molecule has 0 aliphatic heterocycles. The minimum absolute atomic E-state index is 0.345. The lowest BCUT2D eigenvalue weighted by Gasteiger charge is -2.13. The highest BCUT2D eigenvalue weighted by molar-refractivity contribution is 6.33. The number of pyridine rings is 2. The number of primary amides is 1. The summed E-state index contributed by atoms with van der Waals surface area (Å²) in [6.07, 6.45) is 8.84. The van der Waals surface area contributed by atoms with Crippen LogP contribution in [0, 0.1) is 12.3 Å². The zero-order valence-electron chi connectivity index (χ0n) is 13.3. The Labute approximate surface area is 150 Å². The van der Waals surface area contributed by atoms with Gasteiger partial charge in [0.1, 0.15) is 5.69 Å². The van der Waals surface area contributed by atoms with E-state index in [9.17, 15) is 4.79 Å². The van der Waals surface area contributed by atoms with Crippen molar-refractivity contribution in [2.24, 2.45) is 5.73 Å². The number of amides is 1. The molecule has 25 heavy (non-hydrogen) atoms. The molecule has 0 bridgehead atoms. The van der Waals surface area contributed by atoms with Gasteiger partial charge in [0, 0.05) is 27.6 Å². The Morgan fingerprint density at radius 3 is 2.68 bits per heavy atom. The van der Waals surface area contributed by atoms with E-state index in [1.807, 2.05) is 36.4 Å². The molecule has 1 aromatic carbocycles. The Morgan fingerprint density at radius 2 is 2.04 bits per heavy atom. The number of aromatic nitrogens is 2. The van der Waals surface area contributed by atoms with Crippen LogP contribution in [0.3, 0.4) is 0 Å². The molecule has 0 saturated heterocycles. The molecule has 2 heterocycles. The van der Waals surface area contributed by atoms with Crippen molar-refractivity contribution in [1.29, 1.82) is 0 Å². The van der Waals surface area contributed by atoms with Crippen molar-refractivity contribution in [3.63, 3.8) is 0 Å². The lowest BCUT2D eigenvalue weighted by atomic mass is 9.98. The maximum absolute atomic E-state index is 11.8. The first-order chi connectivity index (χ1) is 12.0. The molecular weight excluding hydrogens is 334 g/mol. The summed E-state index contributed by atoms with van der Waals surface area (Å²) in [6, 6.07) is 11.2. The molecule has 3 aromatic rings. The van der Waals surface area contributed by atoms with Gasteiger partial charge in [-0.15, -0.1) is 6.42 Å². The first-order valence-electron chi connectivity index (χ1n) is 7.88. The average Bonchev–Trinajstić information content (AvgIpc) is 3.43. The molecule has 1 saturated carbocycles. The molecule has 122 valence electrons. The van der Waals surface area contributed by atoms with Crippen LogP contribution in [0.1, 0.15) is 24.2 Å². The summed E-state index contributed by atoms with van der Waals surface area (Å²) < 4.78 is 0. The predicted octanol–water partition coefficient (Wildman–Crippen LogP) is 3.45. The van der Waals surface area contributed by atoms with E-state index < -0.39 is 5.41 Å². The van der Waals surface area contributed by atoms with E-state index in [0.717, 1.165) is 29.2 Å². The molecule has 1 fully saturated rings. The van der Waals surface area contributed by atoms with Gasteiger partial charge in [0.15, 0.2) is 0 Å². The van der Waals surface area contributed by atoms with Gasteiger partial charge in [-0.1, -0.05) is 29.8 Å². The minimum atomic E-state index is -0.651. The molecule has 4 nitrogen and oxygen atoms in total. The van der Waals surface area contributed by atoms with Crippen LogP contribution < -0.4 is 5.73 Å². The summed E-state index contributed by atoms with van der Waals surface area (Å²) in [7, 11) is 0. The maximum atomic E-state index is 11.8. The molecule has 0 unspecified atom stereocenters. The smallest absolute Gasteiger partial charge is 0.229 e. The van der Waals surface area contributed by atoms with Gasteiger partial charge in [-0.2, -0.15) is 0 Å². The van der Waals surface area contributed by atoms with Crippen molar-refractivity contribution in [2.45, 2.75) is 18.3 Å². The fourth-order valence-corrected chi connectivity index (χ4v) is 3.31. The van der Waals surface area contributed by atoms with Crippen LogP contribution in [0.5, 0.6) is 0 Å². The van der Waals surface area contributed by atoms with Crippen LogP contribution in [0.15, 0.2) is 42.6 Å². The fraction of sp³-hybridized carbons (Fsp3) is 0.150. The van der Waals surface area contributed by atoms with E-state index in [2.05, 4.69) is 15.9 Å².